The molecule has 0 amide bonds. The minimum absolute atomic E-state index is 0.115. The largest absolute Gasteiger partial charge is 0.456 e. The van der Waals surface area contributed by atoms with Crippen LogP contribution in [0.3, 0.4) is 0 Å². The molecule has 6 nitrogen and oxygen atoms in total. The molecule has 0 N–H and O–H groups in total. The van der Waals surface area contributed by atoms with Crippen LogP contribution >= 0.6 is 0 Å². The van der Waals surface area contributed by atoms with Crippen LogP contribution in [-0.4, -0.2) is 25.7 Å². The normalized spacial score (nSPS) is 10.9. The Morgan fingerprint density at radius 2 is 1.89 bits per heavy atom. The van der Waals surface area contributed by atoms with Gasteiger partial charge in [0.05, 0.1) is 28.0 Å². The first-order valence-corrected chi connectivity index (χ1v) is 8.60. The lowest BCUT2D eigenvalue weighted by Gasteiger charge is -2.09. The van der Waals surface area contributed by atoms with Crippen molar-refractivity contribution in [1.29, 1.82) is 0 Å². The molecule has 0 atom stereocenters. The first-order chi connectivity index (χ1) is 13.1. The van der Waals surface area contributed by atoms with Gasteiger partial charge in [-0.15, -0.1) is 0 Å². The summed E-state index contributed by atoms with van der Waals surface area (Å²) < 4.78 is 7.20. The van der Waals surface area contributed by atoms with Crippen molar-refractivity contribution in [2.75, 3.05) is 0 Å². The SMILES string of the molecule is Cc1nn(C)c2nc(-c3ccccc3)cc(C(=O)OCc3ccccn3)c12. The standard InChI is InChI=1S/C21H18N4O2/c1-14-19-17(21(26)27-13-16-10-6-7-11-22-16)12-18(15-8-4-3-5-9-15)23-20(19)25(2)24-14/h3-12H,13H2,1-2H3. The fraction of sp³-hybridized carbons (Fsp3) is 0.143. The molecular formula is C21H18N4O2. The summed E-state index contributed by atoms with van der Waals surface area (Å²) in [6.45, 7) is 1.98. The van der Waals surface area contributed by atoms with Gasteiger partial charge in [-0.2, -0.15) is 5.10 Å². The van der Waals surface area contributed by atoms with E-state index < -0.39 is 5.97 Å². The zero-order valence-corrected chi connectivity index (χ0v) is 15.1. The second kappa shape index (κ2) is 6.99. The number of pyridine rings is 2. The first kappa shape index (κ1) is 16.9. The molecule has 0 aliphatic heterocycles. The van der Waals surface area contributed by atoms with Gasteiger partial charge >= 0.3 is 5.97 Å². The minimum Gasteiger partial charge on any atom is -0.456 e. The molecule has 0 saturated carbocycles. The maximum Gasteiger partial charge on any atom is 0.339 e. The van der Waals surface area contributed by atoms with E-state index in [1.54, 1.807) is 16.9 Å². The van der Waals surface area contributed by atoms with E-state index in [9.17, 15) is 4.79 Å². The number of nitrogens with zero attached hydrogens (tertiary/aromatic N) is 4. The second-order valence-corrected chi connectivity index (χ2v) is 6.23. The summed E-state index contributed by atoms with van der Waals surface area (Å²) in [6, 6.07) is 17.0. The van der Waals surface area contributed by atoms with Gasteiger partial charge in [-0.25, -0.2) is 9.78 Å². The smallest absolute Gasteiger partial charge is 0.339 e. The Balaban J connectivity index is 1.77. The lowest BCUT2D eigenvalue weighted by molar-refractivity contribution is 0.0470. The van der Waals surface area contributed by atoms with Gasteiger partial charge in [-0.3, -0.25) is 9.67 Å². The molecule has 0 saturated heterocycles. The highest BCUT2D eigenvalue weighted by molar-refractivity contribution is 6.04. The minimum atomic E-state index is -0.415. The second-order valence-electron chi connectivity index (χ2n) is 6.23. The average Bonchev–Trinajstić information content (AvgIpc) is 3.00. The van der Waals surface area contributed by atoms with E-state index in [4.69, 9.17) is 9.72 Å². The van der Waals surface area contributed by atoms with Crippen molar-refractivity contribution in [3.05, 3.63) is 77.7 Å². The summed E-state index contributed by atoms with van der Waals surface area (Å²) >= 11 is 0. The van der Waals surface area contributed by atoms with Crippen molar-refractivity contribution in [3.63, 3.8) is 0 Å². The number of hydrogen-bond donors (Lipinski definition) is 0. The number of carbonyl (C=O) groups excluding carboxylic acids is 1. The van der Waals surface area contributed by atoms with E-state index in [1.807, 2.05) is 62.5 Å². The third kappa shape index (κ3) is 3.29. The van der Waals surface area contributed by atoms with Crippen molar-refractivity contribution in [2.45, 2.75) is 13.5 Å². The number of carbonyl (C=O) groups is 1. The van der Waals surface area contributed by atoms with Gasteiger partial charge in [0.25, 0.3) is 0 Å². The summed E-state index contributed by atoms with van der Waals surface area (Å²) in [5.74, 6) is -0.415. The number of fused-ring (bicyclic) bond motifs is 1. The van der Waals surface area contributed by atoms with Gasteiger partial charge in [0.2, 0.25) is 0 Å². The molecule has 0 radical (unpaired) electrons. The highest BCUT2D eigenvalue weighted by Crippen LogP contribution is 2.27. The van der Waals surface area contributed by atoms with E-state index in [0.29, 0.717) is 28.0 Å². The summed E-state index contributed by atoms with van der Waals surface area (Å²) in [5.41, 5.74) is 4.18. The predicted octanol–water partition coefficient (Wildman–Crippen LogP) is 3.70. The number of aromatic nitrogens is 4. The van der Waals surface area contributed by atoms with Gasteiger partial charge in [0.15, 0.2) is 5.65 Å². The Labute approximate surface area is 156 Å². The average molecular weight is 358 g/mol. The third-order valence-electron chi connectivity index (χ3n) is 4.34. The van der Waals surface area contributed by atoms with Crippen molar-refractivity contribution >= 4 is 17.0 Å². The first-order valence-electron chi connectivity index (χ1n) is 8.60. The number of aryl methyl sites for hydroxylation is 2. The van der Waals surface area contributed by atoms with Crippen LogP contribution < -0.4 is 0 Å². The lowest BCUT2D eigenvalue weighted by Crippen LogP contribution is -2.08. The quantitative estimate of drug-likeness (QED) is 0.520. The highest BCUT2D eigenvalue weighted by Gasteiger charge is 2.20. The summed E-state index contributed by atoms with van der Waals surface area (Å²) in [5, 5.41) is 5.13. The van der Waals surface area contributed by atoms with Gasteiger partial charge in [0, 0.05) is 18.8 Å². The lowest BCUT2D eigenvalue weighted by atomic mass is 10.1. The predicted molar refractivity (Wildman–Crippen MR) is 102 cm³/mol. The summed E-state index contributed by atoms with van der Waals surface area (Å²) in [4.78, 5) is 21.8. The molecule has 0 fully saturated rings. The zero-order valence-electron chi connectivity index (χ0n) is 15.1. The Bertz CT molecular complexity index is 1110. The third-order valence-corrected chi connectivity index (χ3v) is 4.34. The van der Waals surface area contributed by atoms with Crippen molar-refractivity contribution < 1.29 is 9.53 Å². The molecule has 4 aromatic rings. The van der Waals surface area contributed by atoms with Gasteiger partial charge in [0.1, 0.15) is 6.61 Å². The molecule has 134 valence electrons. The topological polar surface area (TPSA) is 69.9 Å². The monoisotopic (exact) mass is 358 g/mol. The van der Waals surface area contributed by atoms with E-state index >= 15 is 0 Å². The van der Waals surface area contributed by atoms with Crippen LogP contribution in [0.5, 0.6) is 0 Å². The number of benzene rings is 1. The Kier molecular flexibility index (Phi) is 4.38. The fourth-order valence-electron chi connectivity index (χ4n) is 3.06. The van der Waals surface area contributed by atoms with Crippen molar-refractivity contribution in [1.82, 2.24) is 19.7 Å². The van der Waals surface area contributed by atoms with Crippen LogP contribution in [0.15, 0.2) is 60.8 Å². The highest BCUT2D eigenvalue weighted by atomic mass is 16.5. The molecule has 4 rings (SSSR count). The van der Waals surface area contributed by atoms with E-state index in [0.717, 1.165) is 11.3 Å². The van der Waals surface area contributed by atoms with E-state index in [2.05, 4.69) is 10.1 Å². The van der Waals surface area contributed by atoms with Crippen molar-refractivity contribution in [3.8, 4) is 11.3 Å². The van der Waals surface area contributed by atoms with E-state index in [-0.39, 0.29) is 6.61 Å². The van der Waals surface area contributed by atoms with Crippen molar-refractivity contribution in [2.24, 2.45) is 7.05 Å². The fourth-order valence-corrected chi connectivity index (χ4v) is 3.06. The van der Waals surface area contributed by atoms with Crippen LogP contribution in [0.4, 0.5) is 0 Å². The Morgan fingerprint density at radius 3 is 2.63 bits per heavy atom. The number of ether oxygens (including phenoxy) is 1. The zero-order chi connectivity index (χ0) is 18.8. The van der Waals surface area contributed by atoms with E-state index in [1.165, 1.54) is 0 Å². The molecule has 0 bridgehead atoms. The Hall–Kier alpha value is -3.54. The number of rotatable bonds is 4. The van der Waals surface area contributed by atoms with Gasteiger partial charge in [-0.05, 0) is 25.1 Å². The van der Waals surface area contributed by atoms with Crippen LogP contribution in [0, 0.1) is 6.92 Å². The number of hydrogen-bond acceptors (Lipinski definition) is 5. The van der Waals surface area contributed by atoms with Gasteiger partial charge < -0.3 is 4.74 Å². The van der Waals surface area contributed by atoms with Crippen LogP contribution in [0.2, 0.25) is 0 Å². The van der Waals surface area contributed by atoms with Crippen LogP contribution in [0.25, 0.3) is 22.3 Å². The summed E-state index contributed by atoms with van der Waals surface area (Å²) in [7, 11) is 1.82. The molecule has 0 spiro atoms. The molecule has 0 aliphatic carbocycles. The molecular weight excluding hydrogens is 340 g/mol. The molecule has 0 aliphatic rings. The summed E-state index contributed by atoms with van der Waals surface area (Å²) in [6.07, 6.45) is 1.67. The maximum atomic E-state index is 12.9. The molecule has 1 aromatic carbocycles. The molecule has 6 heteroatoms. The van der Waals surface area contributed by atoms with Crippen LogP contribution in [0.1, 0.15) is 21.7 Å². The molecule has 0 unspecified atom stereocenters. The Morgan fingerprint density at radius 1 is 1.11 bits per heavy atom. The van der Waals surface area contributed by atoms with Crippen LogP contribution in [-0.2, 0) is 18.4 Å². The van der Waals surface area contributed by atoms with Gasteiger partial charge in [-0.1, -0.05) is 36.4 Å². The molecule has 3 aromatic heterocycles. The molecule has 27 heavy (non-hydrogen) atoms. The number of esters is 1. The maximum absolute atomic E-state index is 12.9. The molecule has 3 heterocycles.